The summed E-state index contributed by atoms with van der Waals surface area (Å²) in [5.74, 6) is 0.281. The van der Waals surface area contributed by atoms with Gasteiger partial charge in [0.15, 0.2) is 0 Å². The number of hydrogen-bond donors (Lipinski definition) is 0. The second kappa shape index (κ2) is 10.5. The van der Waals surface area contributed by atoms with E-state index in [1.807, 2.05) is 31.2 Å². The SMILES string of the molecule is CCOC(=O)C1CCCN(C(=O)c2cccc(OC3CCN(CC(C)(C)C)CC3)c2)C1. The van der Waals surface area contributed by atoms with Gasteiger partial charge < -0.3 is 19.3 Å². The molecule has 2 fully saturated rings. The molecule has 6 heteroatoms. The maximum absolute atomic E-state index is 13.1. The van der Waals surface area contributed by atoms with Crippen molar-refractivity contribution >= 4 is 11.9 Å². The lowest BCUT2D eigenvalue weighted by Crippen LogP contribution is -2.43. The van der Waals surface area contributed by atoms with E-state index >= 15 is 0 Å². The lowest BCUT2D eigenvalue weighted by Gasteiger charge is -2.36. The van der Waals surface area contributed by atoms with Gasteiger partial charge in [-0.3, -0.25) is 9.59 Å². The number of carbonyl (C=O) groups excluding carboxylic acids is 2. The van der Waals surface area contributed by atoms with Crippen molar-refractivity contribution in [3.63, 3.8) is 0 Å². The Morgan fingerprint density at radius 1 is 1.10 bits per heavy atom. The number of likely N-dealkylation sites (tertiary alicyclic amines) is 2. The van der Waals surface area contributed by atoms with Crippen molar-refractivity contribution in [2.75, 3.05) is 39.3 Å². The number of carbonyl (C=O) groups is 2. The fourth-order valence-corrected chi connectivity index (χ4v) is 4.55. The summed E-state index contributed by atoms with van der Waals surface area (Å²) in [4.78, 5) is 29.4. The zero-order chi connectivity index (χ0) is 22.4. The maximum Gasteiger partial charge on any atom is 0.310 e. The molecule has 1 atom stereocenters. The Bertz CT molecular complexity index is 750. The summed E-state index contributed by atoms with van der Waals surface area (Å²) in [5, 5.41) is 0. The van der Waals surface area contributed by atoms with E-state index < -0.39 is 0 Å². The summed E-state index contributed by atoms with van der Waals surface area (Å²) in [6.07, 6.45) is 3.78. The van der Waals surface area contributed by atoms with Crippen molar-refractivity contribution in [3.8, 4) is 5.75 Å². The molecule has 2 aliphatic rings. The molecule has 3 rings (SSSR count). The third-order valence-corrected chi connectivity index (χ3v) is 5.94. The Morgan fingerprint density at radius 2 is 1.84 bits per heavy atom. The molecule has 2 saturated heterocycles. The molecule has 0 radical (unpaired) electrons. The summed E-state index contributed by atoms with van der Waals surface area (Å²) in [7, 11) is 0. The smallest absolute Gasteiger partial charge is 0.310 e. The van der Waals surface area contributed by atoms with Crippen LogP contribution in [0.1, 0.15) is 63.7 Å². The molecule has 1 aromatic rings. The predicted molar refractivity (Wildman–Crippen MR) is 121 cm³/mol. The minimum Gasteiger partial charge on any atom is -0.490 e. The van der Waals surface area contributed by atoms with Gasteiger partial charge in [-0.2, -0.15) is 0 Å². The summed E-state index contributed by atoms with van der Waals surface area (Å²) in [6.45, 7) is 13.3. The van der Waals surface area contributed by atoms with Crippen LogP contribution in [0.3, 0.4) is 0 Å². The van der Waals surface area contributed by atoms with Crippen molar-refractivity contribution in [3.05, 3.63) is 29.8 Å². The van der Waals surface area contributed by atoms with Crippen LogP contribution in [0.5, 0.6) is 5.75 Å². The highest BCUT2D eigenvalue weighted by molar-refractivity contribution is 5.95. The average Bonchev–Trinajstić information content (AvgIpc) is 2.74. The first-order valence-electron chi connectivity index (χ1n) is 11.7. The van der Waals surface area contributed by atoms with Gasteiger partial charge in [0.2, 0.25) is 0 Å². The fourth-order valence-electron chi connectivity index (χ4n) is 4.55. The highest BCUT2D eigenvalue weighted by atomic mass is 16.5. The van der Waals surface area contributed by atoms with Gasteiger partial charge >= 0.3 is 5.97 Å². The van der Waals surface area contributed by atoms with E-state index in [9.17, 15) is 9.59 Å². The fraction of sp³-hybridized carbons (Fsp3) is 0.680. The van der Waals surface area contributed by atoms with Crippen LogP contribution in [0, 0.1) is 11.3 Å². The second-order valence-electron chi connectivity index (χ2n) is 10.0. The summed E-state index contributed by atoms with van der Waals surface area (Å²) >= 11 is 0. The van der Waals surface area contributed by atoms with Crippen LogP contribution in [0.15, 0.2) is 24.3 Å². The van der Waals surface area contributed by atoms with Gasteiger partial charge in [-0.1, -0.05) is 26.8 Å². The molecule has 0 N–H and O–H groups in total. The van der Waals surface area contributed by atoms with E-state index in [0.717, 1.165) is 51.1 Å². The lowest BCUT2D eigenvalue weighted by atomic mass is 9.94. The largest absolute Gasteiger partial charge is 0.490 e. The Kier molecular flexibility index (Phi) is 7.98. The Hall–Kier alpha value is -2.08. The van der Waals surface area contributed by atoms with E-state index in [0.29, 0.717) is 30.7 Å². The zero-order valence-electron chi connectivity index (χ0n) is 19.6. The van der Waals surface area contributed by atoms with Crippen LogP contribution in [0.4, 0.5) is 0 Å². The third-order valence-electron chi connectivity index (χ3n) is 5.94. The monoisotopic (exact) mass is 430 g/mol. The number of ether oxygens (including phenoxy) is 2. The van der Waals surface area contributed by atoms with Crippen molar-refractivity contribution in [1.82, 2.24) is 9.80 Å². The highest BCUT2D eigenvalue weighted by Gasteiger charge is 2.30. The van der Waals surface area contributed by atoms with Crippen LogP contribution in [0.25, 0.3) is 0 Å². The molecule has 2 heterocycles. The van der Waals surface area contributed by atoms with E-state index in [1.54, 1.807) is 4.90 Å². The highest BCUT2D eigenvalue weighted by Crippen LogP contribution is 2.25. The van der Waals surface area contributed by atoms with Gasteiger partial charge in [0.05, 0.1) is 12.5 Å². The van der Waals surface area contributed by atoms with Gasteiger partial charge in [0.25, 0.3) is 5.91 Å². The first-order valence-corrected chi connectivity index (χ1v) is 11.7. The second-order valence-corrected chi connectivity index (χ2v) is 10.0. The van der Waals surface area contributed by atoms with Crippen LogP contribution < -0.4 is 4.74 Å². The molecule has 2 aliphatic heterocycles. The van der Waals surface area contributed by atoms with Crippen LogP contribution in [-0.4, -0.2) is 67.1 Å². The molecule has 1 amide bonds. The maximum atomic E-state index is 13.1. The molecule has 0 aromatic heterocycles. The first-order chi connectivity index (χ1) is 14.7. The quantitative estimate of drug-likeness (QED) is 0.639. The van der Waals surface area contributed by atoms with Crippen molar-refractivity contribution in [1.29, 1.82) is 0 Å². The summed E-state index contributed by atoms with van der Waals surface area (Å²) in [5.41, 5.74) is 0.926. The van der Waals surface area contributed by atoms with Gasteiger partial charge in [0, 0.05) is 38.3 Å². The van der Waals surface area contributed by atoms with Crippen molar-refractivity contribution in [2.24, 2.45) is 11.3 Å². The van der Waals surface area contributed by atoms with E-state index in [1.165, 1.54) is 0 Å². The third kappa shape index (κ3) is 6.96. The van der Waals surface area contributed by atoms with Crippen LogP contribution >= 0.6 is 0 Å². The van der Waals surface area contributed by atoms with Crippen LogP contribution in [0.2, 0.25) is 0 Å². The number of amides is 1. The van der Waals surface area contributed by atoms with Gasteiger partial charge in [-0.15, -0.1) is 0 Å². The van der Waals surface area contributed by atoms with E-state index in [-0.39, 0.29) is 23.9 Å². The number of nitrogens with zero attached hydrogens (tertiary/aromatic N) is 2. The predicted octanol–water partition coefficient (Wildman–Crippen LogP) is 3.99. The van der Waals surface area contributed by atoms with Crippen molar-refractivity contribution in [2.45, 2.75) is 59.5 Å². The van der Waals surface area contributed by atoms with Crippen molar-refractivity contribution < 1.29 is 19.1 Å². The van der Waals surface area contributed by atoms with E-state index in [4.69, 9.17) is 9.47 Å². The minimum atomic E-state index is -0.227. The first kappa shape index (κ1) is 23.6. The Morgan fingerprint density at radius 3 is 2.52 bits per heavy atom. The lowest BCUT2D eigenvalue weighted by molar-refractivity contribution is -0.149. The molecule has 1 unspecified atom stereocenters. The normalized spacial score (nSPS) is 21.0. The number of rotatable bonds is 6. The molecule has 1 aromatic carbocycles. The minimum absolute atomic E-state index is 0.0422. The molecule has 0 aliphatic carbocycles. The number of piperidine rings is 2. The van der Waals surface area contributed by atoms with Gasteiger partial charge in [-0.05, 0) is 56.2 Å². The molecule has 0 bridgehead atoms. The number of benzene rings is 1. The van der Waals surface area contributed by atoms with Gasteiger partial charge in [-0.25, -0.2) is 0 Å². The standard InChI is InChI=1S/C25H38N2O4/c1-5-30-24(29)20-9-7-13-27(17-20)23(28)19-8-6-10-22(16-19)31-21-11-14-26(15-12-21)18-25(2,3)4/h6,8,10,16,20-21H,5,7,9,11-15,17-18H2,1-4H3. The summed E-state index contributed by atoms with van der Waals surface area (Å²) < 4.78 is 11.4. The topological polar surface area (TPSA) is 59.1 Å². The molecular weight excluding hydrogens is 392 g/mol. The number of esters is 1. The molecular formula is C25H38N2O4. The molecule has 172 valence electrons. The molecule has 0 spiro atoms. The molecule has 0 saturated carbocycles. The molecule has 31 heavy (non-hydrogen) atoms. The van der Waals surface area contributed by atoms with E-state index in [2.05, 4.69) is 25.7 Å². The zero-order valence-corrected chi connectivity index (χ0v) is 19.6. The molecule has 6 nitrogen and oxygen atoms in total. The average molecular weight is 431 g/mol. The Labute approximate surface area is 186 Å². The van der Waals surface area contributed by atoms with Gasteiger partial charge in [0.1, 0.15) is 11.9 Å². The summed E-state index contributed by atoms with van der Waals surface area (Å²) in [6, 6.07) is 7.48. The number of hydrogen-bond acceptors (Lipinski definition) is 5. The Balaban J connectivity index is 1.55. The van der Waals surface area contributed by atoms with Crippen LogP contribution in [-0.2, 0) is 9.53 Å².